The molecule has 1 aliphatic rings. The van der Waals surface area contributed by atoms with Crippen LogP contribution in [-0.2, 0) is 0 Å². The standard InChI is InChI=1S/C11H18O/c1-2-3-5-8-11(12)9-6-4-7-10-11/h4,6-7,9,12H,2-3,5,8,10H2,1H3. The molecule has 0 heterocycles. The summed E-state index contributed by atoms with van der Waals surface area (Å²) in [6.07, 6.45) is 13.1. The highest BCUT2D eigenvalue weighted by molar-refractivity contribution is 5.17. The predicted octanol–water partition coefficient (Wildman–Crippen LogP) is 2.81. The molecule has 0 saturated carbocycles. The lowest BCUT2D eigenvalue weighted by Crippen LogP contribution is -2.25. The number of rotatable bonds is 4. The minimum Gasteiger partial charge on any atom is -0.385 e. The Morgan fingerprint density at radius 3 is 2.75 bits per heavy atom. The second-order valence-electron chi connectivity index (χ2n) is 3.55. The summed E-state index contributed by atoms with van der Waals surface area (Å²) in [5.41, 5.74) is -0.538. The molecule has 0 aromatic carbocycles. The van der Waals surface area contributed by atoms with Crippen molar-refractivity contribution in [3.05, 3.63) is 24.3 Å². The van der Waals surface area contributed by atoms with Crippen molar-refractivity contribution in [2.24, 2.45) is 0 Å². The largest absolute Gasteiger partial charge is 0.385 e. The zero-order valence-corrected chi connectivity index (χ0v) is 7.79. The first-order valence-corrected chi connectivity index (χ1v) is 4.83. The van der Waals surface area contributed by atoms with Gasteiger partial charge in [0.1, 0.15) is 0 Å². The topological polar surface area (TPSA) is 20.2 Å². The van der Waals surface area contributed by atoms with Crippen molar-refractivity contribution in [1.82, 2.24) is 0 Å². The van der Waals surface area contributed by atoms with Gasteiger partial charge in [0, 0.05) is 0 Å². The third-order valence-electron chi connectivity index (χ3n) is 2.34. The number of hydrogen-bond donors (Lipinski definition) is 1. The van der Waals surface area contributed by atoms with Crippen molar-refractivity contribution < 1.29 is 5.11 Å². The summed E-state index contributed by atoms with van der Waals surface area (Å²) < 4.78 is 0. The Bertz CT molecular complexity index is 181. The summed E-state index contributed by atoms with van der Waals surface area (Å²) >= 11 is 0. The highest BCUT2D eigenvalue weighted by Crippen LogP contribution is 2.23. The second-order valence-corrected chi connectivity index (χ2v) is 3.55. The average molecular weight is 166 g/mol. The Kier molecular flexibility index (Phi) is 3.54. The van der Waals surface area contributed by atoms with Crippen LogP contribution in [0.4, 0.5) is 0 Å². The van der Waals surface area contributed by atoms with Crippen LogP contribution >= 0.6 is 0 Å². The molecule has 1 aliphatic carbocycles. The van der Waals surface area contributed by atoms with Crippen LogP contribution < -0.4 is 0 Å². The lowest BCUT2D eigenvalue weighted by Gasteiger charge is -2.24. The molecule has 1 nitrogen and oxygen atoms in total. The van der Waals surface area contributed by atoms with Gasteiger partial charge in [-0.3, -0.25) is 0 Å². The van der Waals surface area contributed by atoms with Crippen LogP contribution in [0.2, 0.25) is 0 Å². The molecule has 0 aliphatic heterocycles. The maximum atomic E-state index is 9.96. The Labute approximate surface area is 74.8 Å². The van der Waals surface area contributed by atoms with E-state index in [1.165, 1.54) is 12.8 Å². The van der Waals surface area contributed by atoms with Crippen molar-refractivity contribution >= 4 is 0 Å². The number of aliphatic hydroxyl groups is 1. The average Bonchev–Trinajstić information content (AvgIpc) is 2.06. The van der Waals surface area contributed by atoms with E-state index in [4.69, 9.17) is 0 Å². The van der Waals surface area contributed by atoms with E-state index in [2.05, 4.69) is 6.92 Å². The number of unbranched alkanes of at least 4 members (excludes halogenated alkanes) is 2. The summed E-state index contributed by atoms with van der Waals surface area (Å²) in [6.45, 7) is 2.18. The molecule has 0 spiro atoms. The fourth-order valence-electron chi connectivity index (χ4n) is 1.52. The monoisotopic (exact) mass is 166 g/mol. The highest BCUT2D eigenvalue weighted by atomic mass is 16.3. The minimum atomic E-state index is -0.538. The van der Waals surface area contributed by atoms with Gasteiger partial charge >= 0.3 is 0 Å². The molecule has 0 fully saturated rings. The quantitative estimate of drug-likeness (QED) is 0.637. The van der Waals surface area contributed by atoms with E-state index >= 15 is 0 Å². The van der Waals surface area contributed by atoms with E-state index in [1.807, 2.05) is 24.3 Å². The van der Waals surface area contributed by atoms with Gasteiger partial charge in [-0.25, -0.2) is 0 Å². The Morgan fingerprint density at radius 1 is 1.33 bits per heavy atom. The fraction of sp³-hybridized carbons (Fsp3) is 0.636. The molecule has 1 rings (SSSR count). The van der Waals surface area contributed by atoms with Gasteiger partial charge in [-0.1, -0.05) is 50.5 Å². The molecule has 1 unspecified atom stereocenters. The van der Waals surface area contributed by atoms with Gasteiger partial charge in [0.05, 0.1) is 5.60 Å². The summed E-state index contributed by atoms with van der Waals surface area (Å²) in [5, 5.41) is 9.96. The van der Waals surface area contributed by atoms with Crippen molar-refractivity contribution in [2.45, 2.75) is 44.6 Å². The van der Waals surface area contributed by atoms with Crippen molar-refractivity contribution in [3.8, 4) is 0 Å². The van der Waals surface area contributed by atoms with E-state index in [9.17, 15) is 5.11 Å². The Balaban J connectivity index is 2.29. The maximum absolute atomic E-state index is 9.96. The lowest BCUT2D eigenvalue weighted by molar-refractivity contribution is 0.0805. The zero-order chi connectivity index (χ0) is 8.86. The van der Waals surface area contributed by atoms with E-state index in [1.54, 1.807) is 0 Å². The number of hydrogen-bond acceptors (Lipinski definition) is 1. The van der Waals surface area contributed by atoms with Gasteiger partial charge in [0.2, 0.25) is 0 Å². The van der Waals surface area contributed by atoms with Crippen molar-refractivity contribution in [1.29, 1.82) is 0 Å². The Morgan fingerprint density at radius 2 is 2.17 bits per heavy atom. The molecule has 0 saturated heterocycles. The molecular weight excluding hydrogens is 148 g/mol. The van der Waals surface area contributed by atoms with Gasteiger partial charge in [0.15, 0.2) is 0 Å². The predicted molar refractivity (Wildman–Crippen MR) is 52.0 cm³/mol. The maximum Gasteiger partial charge on any atom is 0.0865 e. The molecule has 12 heavy (non-hydrogen) atoms. The van der Waals surface area contributed by atoms with Crippen LogP contribution in [0.15, 0.2) is 24.3 Å². The normalized spacial score (nSPS) is 27.8. The smallest absolute Gasteiger partial charge is 0.0865 e. The van der Waals surface area contributed by atoms with Gasteiger partial charge < -0.3 is 5.11 Å². The van der Waals surface area contributed by atoms with E-state index < -0.39 is 5.60 Å². The van der Waals surface area contributed by atoms with Crippen molar-refractivity contribution in [3.63, 3.8) is 0 Å². The molecule has 1 N–H and O–H groups in total. The van der Waals surface area contributed by atoms with Crippen LogP contribution in [0, 0.1) is 0 Å². The third kappa shape index (κ3) is 2.82. The van der Waals surface area contributed by atoms with Crippen LogP contribution in [0.1, 0.15) is 39.0 Å². The molecule has 0 aromatic rings. The molecule has 0 radical (unpaired) electrons. The van der Waals surface area contributed by atoms with Crippen LogP contribution in [0.3, 0.4) is 0 Å². The van der Waals surface area contributed by atoms with Crippen LogP contribution in [-0.4, -0.2) is 10.7 Å². The van der Waals surface area contributed by atoms with Gasteiger partial charge in [-0.15, -0.1) is 0 Å². The highest BCUT2D eigenvalue weighted by Gasteiger charge is 2.21. The first-order valence-electron chi connectivity index (χ1n) is 4.83. The number of allylic oxidation sites excluding steroid dienone is 2. The first kappa shape index (κ1) is 9.53. The van der Waals surface area contributed by atoms with Gasteiger partial charge in [-0.05, 0) is 12.8 Å². The molecule has 1 atom stereocenters. The fourth-order valence-corrected chi connectivity index (χ4v) is 1.52. The second kappa shape index (κ2) is 4.46. The summed E-state index contributed by atoms with van der Waals surface area (Å²) in [7, 11) is 0. The Hall–Kier alpha value is -0.560. The third-order valence-corrected chi connectivity index (χ3v) is 2.34. The van der Waals surface area contributed by atoms with Crippen LogP contribution in [0.5, 0.6) is 0 Å². The van der Waals surface area contributed by atoms with Crippen molar-refractivity contribution in [2.75, 3.05) is 0 Å². The first-order chi connectivity index (χ1) is 5.77. The zero-order valence-electron chi connectivity index (χ0n) is 7.79. The molecule has 0 bridgehead atoms. The van der Waals surface area contributed by atoms with E-state index in [0.717, 1.165) is 19.3 Å². The SMILES string of the molecule is CCCCCC1(O)C=CC=CC1. The summed E-state index contributed by atoms with van der Waals surface area (Å²) in [5.74, 6) is 0. The van der Waals surface area contributed by atoms with E-state index in [0.29, 0.717) is 0 Å². The summed E-state index contributed by atoms with van der Waals surface area (Å²) in [6, 6.07) is 0. The molecular formula is C11H18O. The lowest BCUT2D eigenvalue weighted by atomic mass is 9.90. The van der Waals surface area contributed by atoms with Gasteiger partial charge in [0.25, 0.3) is 0 Å². The van der Waals surface area contributed by atoms with Gasteiger partial charge in [-0.2, -0.15) is 0 Å². The van der Waals surface area contributed by atoms with Crippen LogP contribution in [0.25, 0.3) is 0 Å². The summed E-state index contributed by atoms with van der Waals surface area (Å²) in [4.78, 5) is 0. The molecule has 0 aromatic heterocycles. The molecule has 0 amide bonds. The minimum absolute atomic E-state index is 0.538. The molecule has 68 valence electrons. The van der Waals surface area contributed by atoms with E-state index in [-0.39, 0.29) is 0 Å². The molecule has 1 heteroatoms.